The zero-order valence-electron chi connectivity index (χ0n) is 14.5. The number of hydrogen-bond acceptors (Lipinski definition) is 3. The maximum Gasteiger partial charge on any atom is 0.283 e. The highest BCUT2D eigenvalue weighted by atomic mass is 35.5. The number of halogens is 5. The molecule has 2 aromatic heterocycles. The van der Waals surface area contributed by atoms with E-state index in [0.717, 1.165) is 12.8 Å². The third-order valence-corrected chi connectivity index (χ3v) is 5.61. The third kappa shape index (κ3) is 4.55. The number of nitrogens with zero attached hydrogens (tertiary/aromatic N) is 4. The molecule has 3 rings (SSSR count). The van der Waals surface area contributed by atoms with Crippen LogP contribution in [-0.2, 0) is 17.9 Å². The lowest BCUT2D eigenvalue weighted by atomic mass is 10.2. The molecule has 2 heterocycles. The summed E-state index contributed by atoms with van der Waals surface area (Å²) < 4.78 is 28.9. The van der Waals surface area contributed by atoms with Crippen molar-refractivity contribution >= 4 is 40.7 Å². The molecule has 27 heavy (non-hydrogen) atoms. The Morgan fingerprint density at radius 2 is 1.93 bits per heavy atom. The van der Waals surface area contributed by atoms with Crippen molar-refractivity contribution in [3.63, 3.8) is 0 Å². The fraction of sp³-hybridized carbons (Fsp3) is 0.562. The van der Waals surface area contributed by atoms with Crippen molar-refractivity contribution < 1.29 is 13.6 Å². The van der Waals surface area contributed by atoms with Crippen molar-refractivity contribution in [1.82, 2.24) is 24.9 Å². The van der Waals surface area contributed by atoms with Gasteiger partial charge in [0.1, 0.15) is 22.4 Å². The third-order valence-electron chi connectivity index (χ3n) is 4.29. The van der Waals surface area contributed by atoms with E-state index in [1.54, 1.807) is 11.6 Å². The van der Waals surface area contributed by atoms with Crippen LogP contribution < -0.4 is 5.32 Å². The Hall–Kier alpha value is -1.38. The predicted molar refractivity (Wildman–Crippen MR) is 98.8 cm³/mol. The van der Waals surface area contributed by atoms with Crippen molar-refractivity contribution in [3.05, 3.63) is 32.3 Å². The zero-order valence-corrected chi connectivity index (χ0v) is 16.8. The molecular formula is C16H18Cl3F2N5O. The number of rotatable bonds is 8. The smallest absolute Gasteiger partial charge is 0.283 e. The molecule has 0 spiro atoms. The molecule has 0 aliphatic heterocycles. The van der Waals surface area contributed by atoms with Crippen LogP contribution in [-0.4, -0.2) is 32.0 Å². The molecule has 0 radical (unpaired) electrons. The average Bonchev–Trinajstić information content (AvgIpc) is 3.35. The van der Waals surface area contributed by atoms with Gasteiger partial charge >= 0.3 is 0 Å². The number of nitrogens with one attached hydrogen (secondary N) is 1. The molecule has 0 atom stereocenters. The quantitative estimate of drug-likeness (QED) is 0.620. The lowest BCUT2D eigenvalue weighted by Crippen LogP contribution is -2.30. The van der Waals surface area contributed by atoms with E-state index in [9.17, 15) is 13.6 Å². The Balaban J connectivity index is 1.54. The molecule has 6 nitrogen and oxygen atoms in total. The van der Waals surface area contributed by atoms with Gasteiger partial charge in [0.25, 0.3) is 6.43 Å². The summed E-state index contributed by atoms with van der Waals surface area (Å²) in [6, 6.07) is 0. The van der Waals surface area contributed by atoms with E-state index in [1.807, 2.05) is 0 Å². The van der Waals surface area contributed by atoms with Gasteiger partial charge in [-0.25, -0.2) is 8.78 Å². The molecule has 0 saturated heterocycles. The summed E-state index contributed by atoms with van der Waals surface area (Å²) in [5, 5.41) is 11.5. The minimum absolute atomic E-state index is 0.0270. The maximum atomic E-state index is 13.0. The van der Waals surface area contributed by atoms with Crippen LogP contribution in [0.1, 0.15) is 48.7 Å². The lowest BCUT2D eigenvalue weighted by molar-refractivity contribution is -0.121. The molecule has 0 unspecified atom stereocenters. The van der Waals surface area contributed by atoms with Gasteiger partial charge in [-0.15, -0.1) is 0 Å². The SMILES string of the molecule is Cc1nn(CCCNC(=O)Cn2nc(C(F)F)c(Cl)c2C2CC2)c(Cl)c1Cl. The van der Waals surface area contributed by atoms with E-state index in [1.165, 1.54) is 4.68 Å². The Morgan fingerprint density at radius 3 is 2.48 bits per heavy atom. The van der Waals surface area contributed by atoms with Crippen molar-refractivity contribution in [1.29, 1.82) is 0 Å². The number of aryl methyl sites for hydroxylation is 2. The van der Waals surface area contributed by atoms with Gasteiger partial charge in [0, 0.05) is 19.0 Å². The van der Waals surface area contributed by atoms with Crippen LogP contribution in [0.25, 0.3) is 0 Å². The standard InChI is InChI=1S/C16H18Cl3F2N5O/c1-8-11(17)15(19)25(23-8)6-2-5-22-10(27)7-26-14(9-3-4-9)12(18)13(24-26)16(20)21/h9,16H,2-7H2,1H3,(H,22,27). The second-order valence-corrected chi connectivity index (χ2v) is 7.55. The number of alkyl halides is 2. The second-order valence-electron chi connectivity index (χ2n) is 6.43. The van der Waals surface area contributed by atoms with Gasteiger partial charge in [-0.2, -0.15) is 10.2 Å². The Labute approximate surface area is 169 Å². The predicted octanol–water partition coefficient (Wildman–Crippen LogP) is 4.37. The largest absolute Gasteiger partial charge is 0.354 e. The fourth-order valence-electron chi connectivity index (χ4n) is 2.81. The van der Waals surface area contributed by atoms with Crippen LogP contribution in [0.2, 0.25) is 15.2 Å². The number of hydrogen-bond donors (Lipinski definition) is 1. The van der Waals surface area contributed by atoms with Crippen LogP contribution in [0.3, 0.4) is 0 Å². The normalized spacial score (nSPS) is 14.2. The van der Waals surface area contributed by atoms with Crippen molar-refractivity contribution in [2.45, 2.75) is 51.6 Å². The van der Waals surface area contributed by atoms with Crippen LogP contribution in [0.4, 0.5) is 8.78 Å². The van der Waals surface area contributed by atoms with E-state index in [-0.39, 0.29) is 23.4 Å². The molecule has 1 N–H and O–H groups in total. The van der Waals surface area contributed by atoms with E-state index in [0.29, 0.717) is 41.1 Å². The van der Waals surface area contributed by atoms with Crippen LogP contribution in [0.15, 0.2) is 0 Å². The topological polar surface area (TPSA) is 64.7 Å². The Bertz CT molecular complexity index is 848. The first kappa shape index (κ1) is 20.4. The average molecular weight is 441 g/mol. The van der Waals surface area contributed by atoms with E-state index >= 15 is 0 Å². The number of carbonyl (C=O) groups excluding carboxylic acids is 1. The summed E-state index contributed by atoms with van der Waals surface area (Å²) >= 11 is 18.1. The Morgan fingerprint density at radius 1 is 1.22 bits per heavy atom. The summed E-state index contributed by atoms with van der Waals surface area (Å²) in [5.41, 5.74) is 0.700. The first-order valence-corrected chi connectivity index (χ1v) is 9.62. The van der Waals surface area contributed by atoms with Gasteiger partial charge in [0.05, 0.1) is 16.4 Å². The van der Waals surface area contributed by atoms with Gasteiger partial charge in [-0.1, -0.05) is 34.8 Å². The fourth-order valence-corrected chi connectivity index (χ4v) is 3.57. The molecule has 1 aliphatic rings. The van der Waals surface area contributed by atoms with Gasteiger partial charge in [0.15, 0.2) is 0 Å². The second kappa shape index (κ2) is 8.32. The molecule has 1 aliphatic carbocycles. The summed E-state index contributed by atoms with van der Waals surface area (Å²) in [6.45, 7) is 2.48. The summed E-state index contributed by atoms with van der Waals surface area (Å²) in [5.74, 6) is -0.224. The summed E-state index contributed by atoms with van der Waals surface area (Å²) in [4.78, 5) is 12.2. The van der Waals surface area contributed by atoms with Gasteiger partial charge in [-0.3, -0.25) is 14.2 Å². The molecule has 148 valence electrons. The molecule has 0 bridgehead atoms. The van der Waals surface area contributed by atoms with E-state index in [4.69, 9.17) is 34.8 Å². The van der Waals surface area contributed by atoms with Gasteiger partial charge in [-0.05, 0) is 26.2 Å². The monoisotopic (exact) mass is 439 g/mol. The van der Waals surface area contributed by atoms with E-state index < -0.39 is 12.1 Å². The molecule has 1 amide bonds. The van der Waals surface area contributed by atoms with Crippen LogP contribution in [0, 0.1) is 6.92 Å². The van der Waals surface area contributed by atoms with Crippen molar-refractivity contribution in [2.24, 2.45) is 0 Å². The number of aromatic nitrogens is 4. The molecule has 1 fully saturated rings. The zero-order chi connectivity index (χ0) is 19.7. The molecular weight excluding hydrogens is 423 g/mol. The Kier molecular flexibility index (Phi) is 6.28. The molecule has 2 aromatic rings. The summed E-state index contributed by atoms with van der Waals surface area (Å²) in [7, 11) is 0. The highest BCUT2D eigenvalue weighted by Gasteiger charge is 2.34. The van der Waals surface area contributed by atoms with Crippen LogP contribution in [0.5, 0.6) is 0 Å². The highest BCUT2D eigenvalue weighted by Crippen LogP contribution is 2.45. The first-order valence-electron chi connectivity index (χ1n) is 8.49. The number of amides is 1. The molecule has 1 saturated carbocycles. The highest BCUT2D eigenvalue weighted by molar-refractivity contribution is 6.41. The maximum absolute atomic E-state index is 13.0. The molecule has 0 aromatic carbocycles. The van der Waals surface area contributed by atoms with Gasteiger partial charge in [0.2, 0.25) is 5.91 Å². The van der Waals surface area contributed by atoms with Gasteiger partial charge < -0.3 is 5.32 Å². The number of carbonyl (C=O) groups is 1. The van der Waals surface area contributed by atoms with Crippen molar-refractivity contribution in [2.75, 3.05) is 6.54 Å². The first-order chi connectivity index (χ1) is 12.8. The lowest BCUT2D eigenvalue weighted by Gasteiger charge is -2.09. The van der Waals surface area contributed by atoms with Crippen molar-refractivity contribution in [3.8, 4) is 0 Å². The minimum atomic E-state index is -2.77. The minimum Gasteiger partial charge on any atom is -0.354 e. The van der Waals surface area contributed by atoms with E-state index in [2.05, 4.69) is 15.5 Å². The van der Waals surface area contributed by atoms with Crippen LogP contribution >= 0.6 is 34.8 Å². The summed E-state index contributed by atoms with van der Waals surface area (Å²) in [6.07, 6.45) is -0.459. The molecule has 11 heteroatoms.